The Morgan fingerprint density at radius 1 is 1.21 bits per heavy atom. The number of benzene rings is 1. The van der Waals surface area contributed by atoms with Crippen molar-refractivity contribution in [3.8, 4) is 0 Å². The Labute approximate surface area is 165 Å². The van der Waals surface area contributed by atoms with Crippen molar-refractivity contribution >= 4 is 29.1 Å². The summed E-state index contributed by atoms with van der Waals surface area (Å²) in [5.74, 6) is -2.40. The van der Waals surface area contributed by atoms with Crippen LogP contribution < -0.4 is 10.6 Å². The summed E-state index contributed by atoms with van der Waals surface area (Å²) in [4.78, 5) is 41.3. The van der Waals surface area contributed by atoms with Crippen molar-refractivity contribution in [3.63, 3.8) is 0 Å². The number of primary amides is 1. The number of aromatic nitrogens is 2. The van der Waals surface area contributed by atoms with Gasteiger partial charge in [0.05, 0.1) is 0 Å². The highest BCUT2D eigenvalue weighted by Crippen LogP contribution is 2.16. The monoisotopic (exact) mass is 398 g/mol. The van der Waals surface area contributed by atoms with E-state index in [4.69, 9.17) is 10.5 Å². The van der Waals surface area contributed by atoms with Gasteiger partial charge in [-0.05, 0) is 48.9 Å². The van der Waals surface area contributed by atoms with E-state index in [1.807, 2.05) is 19.1 Å². The zero-order valence-electron chi connectivity index (χ0n) is 15.7. The number of hydrogen-bond acceptors (Lipinski definition) is 5. The first-order valence-electron chi connectivity index (χ1n) is 8.80. The highest BCUT2D eigenvalue weighted by atomic mass is 19.1. The zero-order valence-corrected chi connectivity index (χ0v) is 15.7. The number of imidazole rings is 1. The van der Waals surface area contributed by atoms with Gasteiger partial charge in [0, 0.05) is 31.0 Å². The lowest BCUT2D eigenvalue weighted by Crippen LogP contribution is -2.37. The number of amides is 2. The number of carbonyl (C=O) groups excluding carboxylic acids is 3. The van der Waals surface area contributed by atoms with Crippen LogP contribution >= 0.6 is 0 Å². The largest absolute Gasteiger partial charge is 0.451 e. The van der Waals surface area contributed by atoms with E-state index >= 15 is 0 Å². The Bertz CT molecular complexity index is 1060. The van der Waals surface area contributed by atoms with Crippen molar-refractivity contribution in [3.05, 3.63) is 65.9 Å². The second kappa shape index (κ2) is 8.51. The first kappa shape index (κ1) is 20.0. The Morgan fingerprint density at radius 3 is 2.62 bits per heavy atom. The number of fused-ring (bicyclic) bond motifs is 1. The fourth-order valence-electron chi connectivity index (χ4n) is 2.70. The van der Waals surface area contributed by atoms with E-state index in [2.05, 4.69) is 4.98 Å². The number of halogens is 1. The molecule has 0 aliphatic heterocycles. The van der Waals surface area contributed by atoms with Gasteiger partial charge in [0.1, 0.15) is 11.5 Å². The van der Waals surface area contributed by atoms with Gasteiger partial charge < -0.3 is 19.8 Å². The maximum Gasteiger partial charge on any atom is 0.359 e. The van der Waals surface area contributed by atoms with Crippen LogP contribution in [0.15, 0.2) is 48.8 Å². The highest BCUT2D eigenvalue weighted by Gasteiger charge is 2.20. The maximum absolute atomic E-state index is 13.2. The van der Waals surface area contributed by atoms with Crippen LogP contribution in [-0.4, -0.2) is 40.3 Å². The summed E-state index contributed by atoms with van der Waals surface area (Å²) >= 11 is 0. The van der Waals surface area contributed by atoms with Crippen LogP contribution in [0.2, 0.25) is 0 Å². The van der Waals surface area contributed by atoms with Gasteiger partial charge >= 0.3 is 5.97 Å². The molecular weight excluding hydrogens is 379 g/mol. The van der Waals surface area contributed by atoms with E-state index < -0.39 is 30.2 Å². The minimum absolute atomic E-state index is 0.0228. The van der Waals surface area contributed by atoms with Crippen molar-refractivity contribution in [2.24, 2.45) is 5.73 Å². The van der Waals surface area contributed by atoms with E-state index in [1.165, 1.54) is 35.4 Å². The Morgan fingerprint density at radius 2 is 1.93 bits per heavy atom. The van der Waals surface area contributed by atoms with E-state index in [1.54, 1.807) is 10.6 Å². The molecule has 1 aromatic carbocycles. The normalized spacial score (nSPS) is 10.7. The molecule has 0 spiro atoms. The van der Waals surface area contributed by atoms with Crippen LogP contribution in [-0.2, 0) is 14.3 Å². The van der Waals surface area contributed by atoms with Crippen molar-refractivity contribution in [1.29, 1.82) is 0 Å². The minimum atomic E-state index is -0.756. The average molecular weight is 398 g/mol. The van der Waals surface area contributed by atoms with Gasteiger partial charge in [-0.2, -0.15) is 0 Å². The molecular formula is C20H19FN4O4. The molecule has 8 nitrogen and oxygen atoms in total. The van der Waals surface area contributed by atoms with Crippen LogP contribution in [0, 0.1) is 12.7 Å². The number of anilines is 1. The second-order valence-corrected chi connectivity index (χ2v) is 6.41. The summed E-state index contributed by atoms with van der Waals surface area (Å²) in [6, 6.07) is 8.82. The summed E-state index contributed by atoms with van der Waals surface area (Å²) in [5, 5.41) is 0. The molecule has 9 heteroatoms. The van der Waals surface area contributed by atoms with Gasteiger partial charge in [-0.15, -0.1) is 0 Å². The summed E-state index contributed by atoms with van der Waals surface area (Å²) in [6.07, 6.45) is 3.18. The van der Waals surface area contributed by atoms with Crippen molar-refractivity contribution in [2.45, 2.75) is 13.3 Å². The summed E-state index contributed by atoms with van der Waals surface area (Å²) in [6.45, 7) is 1.31. The molecule has 0 unspecified atom stereocenters. The smallest absolute Gasteiger partial charge is 0.359 e. The van der Waals surface area contributed by atoms with Crippen LogP contribution in [0.25, 0.3) is 5.65 Å². The molecule has 2 amide bonds. The number of ether oxygens (including phenoxy) is 1. The van der Waals surface area contributed by atoms with Crippen LogP contribution in [0.5, 0.6) is 0 Å². The van der Waals surface area contributed by atoms with Gasteiger partial charge in [-0.3, -0.25) is 9.59 Å². The topological polar surface area (TPSA) is 107 Å². The Hall–Kier alpha value is -3.75. The highest BCUT2D eigenvalue weighted by molar-refractivity contribution is 5.97. The molecule has 0 fully saturated rings. The number of pyridine rings is 1. The third-order valence-electron chi connectivity index (χ3n) is 4.17. The quantitative estimate of drug-likeness (QED) is 0.611. The van der Waals surface area contributed by atoms with Crippen LogP contribution in [0.1, 0.15) is 22.5 Å². The third kappa shape index (κ3) is 4.95. The molecule has 2 N–H and O–H groups in total. The van der Waals surface area contributed by atoms with Gasteiger partial charge in [0.25, 0.3) is 5.91 Å². The molecule has 29 heavy (non-hydrogen) atoms. The number of aryl methyl sites for hydroxylation is 1. The van der Waals surface area contributed by atoms with E-state index in [9.17, 15) is 18.8 Å². The number of esters is 1. The van der Waals surface area contributed by atoms with E-state index in [0.29, 0.717) is 11.3 Å². The standard InChI is InChI=1S/C20H19FN4O4/c1-13-6-8-24-11-16(23-18(24)10-13)20(28)29-12-19(27)25(9-7-17(22)26)15-4-2-14(21)3-5-15/h2-6,8,10-11H,7,9,12H2,1H3,(H2,22,26). The number of rotatable bonds is 7. The van der Waals surface area contributed by atoms with Crippen LogP contribution in [0.4, 0.5) is 10.1 Å². The Kier molecular flexibility index (Phi) is 5.87. The lowest BCUT2D eigenvalue weighted by atomic mass is 10.2. The molecule has 0 aliphatic carbocycles. The molecule has 0 atom stereocenters. The van der Waals surface area contributed by atoms with Gasteiger partial charge in [-0.1, -0.05) is 0 Å². The van der Waals surface area contributed by atoms with Crippen LogP contribution in [0.3, 0.4) is 0 Å². The fourth-order valence-corrected chi connectivity index (χ4v) is 2.70. The van der Waals surface area contributed by atoms with Gasteiger partial charge in [0.2, 0.25) is 5.91 Å². The molecule has 0 bridgehead atoms. The molecule has 3 rings (SSSR count). The van der Waals surface area contributed by atoms with Gasteiger partial charge in [-0.25, -0.2) is 14.2 Å². The summed E-state index contributed by atoms with van der Waals surface area (Å²) in [5.41, 5.74) is 7.15. The molecule has 2 heterocycles. The molecule has 2 aromatic heterocycles. The third-order valence-corrected chi connectivity index (χ3v) is 4.17. The maximum atomic E-state index is 13.2. The second-order valence-electron chi connectivity index (χ2n) is 6.41. The summed E-state index contributed by atoms with van der Waals surface area (Å²) in [7, 11) is 0. The lowest BCUT2D eigenvalue weighted by Gasteiger charge is -2.22. The SMILES string of the molecule is Cc1ccn2cc(C(=O)OCC(=O)N(CCC(N)=O)c3ccc(F)cc3)nc2c1. The predicted octanol–water partition coefficient (Wildman–Crippen LogP) is 1.85. The van der Waals surface area contributed by atoms with Gasteiger partial charge in [0.15, 0.2) is 12.3 Å². The number of carbonyl (C=O) groups is 3. The molecule has 0 radical (unpaired) electrons. The molecule has 0 saturated heterocycles. The van der Waals surface area contributed by atoms with E-state index in [0.717, 1.165) is 5.56 Å². The Balaban J connectivity index is 1.69. The van der Waals surface area contributed by atoms with Crippen molar-refractivity contribution in [1.82, 2.24) is 9.38 Å². The molecule has 3 aromatic rings. The number of nitrogens with two attached hydrogens (primary N) is 1. The first-order valence-corrected chi connectivity index (χ1v) is 8.80. The zero-order chi connectivity index (χ0) is 21.0. The number of hydrogen-bond donors (Lipinski definition) is 1. The predicted molar refractivity (Wildman–Crippen MR) is 103 cm³/mol. The van der Waals surface area contributed by atoms with Crippen molar-refractivity contribution in [2.75, 3.05) is 18.1 Å². The van der Waals surface area contributed by atoms with Crippen molar-refractivity contribution < 1.29 is 23.5 Å². The molecule has 150 valence electrons. The number of nitrogens with zero attached hydrogens (tertiary/aromatic N) is 3. The molecule has 0 aliphatic rings. The van der Waals surface area contributed by atoms with E-state index in [-0.39, 0.29) is 18.7 Å². The fraction of sp³-hybridized carbons (Fsp3) is 0.200. The minimum Gasteiger partial charge on any atom is -0.451 e. The average Bonchev–Trinajstić information content (AvgIpc) is 3.10. The molecule has 0 saturated carbocycles. The lowest BCUT2D eigenvalue weighted by molar-refractivity contribution is -0.121. The first-order chi connectivity index (χ1) is 13.8. The summed E-state index contributed by atoms with van der Waals surface area (Å²) < 4.78 is 19.9.